The summed E-state index contributed by atoms with van der Waals surface area (Å²) in [6.45, 7) is 11.4. The van der Waals surface area contributed by atoms with Gasteiger partial charge in [-0.25, -0.2) is 0 Å². The zero-order chi connectivity index (χ0) is 14.6. The fraction of sp³-hybridized carbons (Fsp3) is 0.333. The van der Waals surface area contributed by atoms with Gasteiger partial charge in [-0.2, -0.15) is 0 Å². The summed E-state index contributed by atoms with van der Waals surface area (Å²) in [5, 5.41) is 3.00. The Balaban J connectivity index is 2.30. The average Bonchev–Trinajstić information content (AvgIpc) is 2.50. The van der Waals surface area contributed by atoms with Crippen LogP contribution in [0.1, 0.15) is 13.8 Å². The number of anilines is 1. The second-order valence-electron chi connectivity index (χ2n) is 5.71. The minimum absolute atomic E-state index is 1.06. The summed E-state index contributed by atoms with van der Waals surface area (Å²) >= 11 is 0. The first-order chi connectivity index (χ1) is 9.59. The van der Waals surface area contributed by atoms with E-state index in [1.54, 1.807) is 0 Å². The molecule has 0 saturated carbocycles. The molecule has 106 valence electrons. The zero-order valence-corrected chi connectivity index (χ0v) is 14.1. The Morgan fingerprint density at radius 2 is 1.25 bits per heavy atom. The summed E-state index contributed by atoms with van der Waals surface area (Å²) in [5.41, 5.74) is 1.33. The molecule has 2 aromatic rings. The van der Waals surface area contributed by atoms with Crippen LogP contribution in [0, 0.1) is 0 Å². The van der Waals surface area contributed by atoms with Crippen molar-refractivity contribution in [1.82, 2.24) is 0 Å². The van der Waals surface area contributed by atoms with Crippen molar-refractivity contribution in [3.8, 4) is 0 Å². The van der Waals surface area contributed by atoms with Crippen LogP contribution in [0.3, 0.4) is 0 Å². The summed E-state index contributed by atoms with van der Waals surface area (Å²) in [4.78, 5) is 2.39. The van der Waals surface area contributed by atoms with Crippen LogP contribution in [0.5, 0.6) is 0 Å². The van der Waals surface area contributed by atoms with Gasteiger partial charge in [-0.15, -0.1) is 0 Å². The first-order valence-corrected chi connectivity index (χ1v) is 10.5. The standard InChI is InChI=1S/C18H25NSi/c1-5-19(6-2)16-12-14-18(15-13-16)20(3,4)17-10-8-7-9-11-17/h7-15H,5-6H2,1-4H3. The topological polar surface area (TPSA) is 3.24 Å². The molecule has 0 aromatic heterocycles. The molecule has 0 aliphatic carbocycles. The average molecular weight is 283 g/mol. The highest BCUT2D eigenvalue weighted by Crippen LogP contribution is 2.13. The van der Waals surface area contributed by atoms with Crippen LogP contribution in [0.4, 0.5) is 5.69 Å². The molecule has 2 rings (SSSR count). The molecular formula is C18H25NSi. The summed E-state index contributed by atoms with van der Waals surface area (Å²) in [7, 11) is -1.55. The molecule has 1 nitrogen and oxygen atoms in total. The SMILES string of the molecule is CCN(CC)c1ccc([Si](C)(C)c2ccccc2)cc1. The van der Waals surface area contributed by atoms with Crippen LogP contribution < -0.4 is 15.3 Å². The van der Waals surface area contributed by atoms with E-state index in [1.807, 2.05) is 0 Å². The van der Waals surface area contributed by atoms with Crippen LogP contribution in [-0.4, -0.2) is 21.2 Å². The number of nitrogens with zero attached hydrogens (tertiary/aromatic N) is 1. The van der Waals surface area contributed by atoms with Gasteiger partial charge in [0.15, 0.2) is 0 Å². The van der Waals surface area contributed by atoms with E-state index < -0.39 is 8.07 Å². The van der Waals surface area contributed by atoms with Crippen LogP contribution in [0.25, 0.3) is 0 Å². The zero-order valence-electron chi connectivity index (χ0n) is 13.1. The highest BCUT2D eigenvalue weighted by Gasteiger charge is 2.25. The number of benzene rings is 2. The van der Waals surface area contributed by atoms with Crippen LogP contribution in [0.2, 0.25) is 13.1 Å². The summed E-state index contributed by atoms with van der Waals surface area (Å²) in [5.74, 6) is 0. The predicted molar refractivity (Wildman–Crippen MR) is 93.2 cm³/mol. The number of hydrogen-bond acceptors (Lipinski definition) is 1. The van der Waals surface area contributed by atoms with Crippen molar-refractivity contribution in [2.75, 3.05) is 18.0 Å². The Bertz CT molecular complexity index is 527. The van der Waals surface area contributed by atoms with Gasteiger partial charge in [0.1, 0.15) is 8.07 Å². The third-order valence-electron chi connectivity index (χ3n) is 4.21. The lowest BCUT2D eigenvalue weighted by atomic mass is 10.3. The number of rotatable bonds is 5. The molecule has 0 aliphatic heterocycles. The van der Waals surface area contributed by atoms with Crippen molar-refractivity contribution in [3.63, 3.8) is 0 Å². The maximum Gasteiger partial charge on any atom is 0.112 e. The van der Waals surface area contributed by atoms with Crippen molar-refractivity contribution in [2.45, 2.75) is 26.9 Å². The molecule has 0 fully saturated rings. The fourth-order valence-electron chi connectivity index (χ4n) is 2.70. The summed E-state index contributed by atoms with van der Waals surface area (Å²) in [6, 6.07) is 20.1. The lowest BCUT2D eigenvalue weighted by molar-refractivity contribution is 0.866. The van der Waals surface area contributed by atoms with E-state index in [0.29, 0.717) is 0 Å². The molecule has 0 saturated heterocycles. The predicted octanol–water partition coefficient (Wildman–Crippen LogP) is 3.36. The van der Waals surface area contributed by atoms with E-state index in [4.69, 9.17) is 0 Å². The molecule has 0 atom stereocenters. The third kappa shape index (κ3) is 2.96. The highest BCUT2D eigenvalue weighted by molar-refractivity contribution is 7.00. The highest BCUT2D eigenvalue weighted by atomic mass is 28.3. The van der Waals surface area contributed by atoms with Gasteiger partial charge in [0.25, 0.3) is 0 Å². The molecule has 0 spiro atoms. The van der Waals surface area contributed by atoms with E-state index in [1.165, 1.54) is 16.1 Å². The molecule has 0 N–H and O–H groups in total. The van der Waals surface area contributed by atoms with Crippen molar-refractivity contribution in [1.29, 1.82) is 0 Å². The van der Waals surface area contributed by atoms with Gasteiger partial charge in [0, 0.05) is 18.8 Å². The lowest BCUT2D eigenvalue weighted by Gasteiger charge is -2.26. The largest absolute Gasteiger partial charge is 0.372 e. The Kier molecular flexibility index (Phi) is 4.66. The van der Waals surface area contributed by atoms with Crippen LogP contribution in [-0.2, 0) is 0 Å². The summed E-state index contributed by atoms with van der Waals surface area (Å²) in [6.07, 6.45) is 0. The van der Waals surface area contributed by atoms with Crippen molar-refractivity contribution >= 4 is 24.1 Å². The van der Waals surface area contributed by atoms with Crippen molar-refractivity contribution in [3.05, 3.63) is 54.6 Å². The smallest absolute Gasteiger partial charge is 0.112 e. The maximum absolute atomic E-state index is 2.43. The van der Waals surface area contributed by atoms with Crippen LogP contribution >= 0.6 is 0 Å². The summed E-state index contributed by atoms with van der Waals surface area (Å²) < 4.78 is 0. The van der Waals surface area contributed by atoms with E-state index in [0.717, 1.165) is 13.1 Å². The van der Waals surface area contributed by atoms with Gasteiger partial charge in [-0.3, -0.25) is 0 Å². The lowest BCUT2D eigenvalue weighted by Crippen LogP contribution is -2.52. The van der Waals surface area contributed by atoms with E-state index >= 15 is 0 Å². The minimum atomic E-state index is -1.55. The molecule has 0 unspecified atom stereocenters. The Hall–Kier alpha value is -1.54. The minimum Gasteiger partial charge on any atom is -0.372 e. The van der Waals surface area contributed by atoms with E-state index in [-0.39, 0.29) is 0 Å². The van der Waals surface area contributed by atoms with Crippen LogP contribution in [0.15, 0.2) is 54.6 Å². The van der Waals surface area contributed by atoms with Gasteiger partial charge in [0.05, 0.1) is 0 Å². The molecule has 20 heavy (non-hydrogen) atoms. The van der Waals surface area contributed by atoms with E-state index in [9.17, 15) is 0 Å². The normalized spacial score (nSPS) is 11.4. The Morgan fingerprint density at radius 1 is 0.750 bits per heavy atom. The Labute approximate surface area is 124 Å². The molecule has 2 aromatic carbocycles. The molecular weight excluding hydrogens is 258 g/mol. The molecule has 0 heterocycles. The van der Waals surface area contributed by atoms with Crippen molar-refractivity contribution < 1.29 is 0 Å². The quantitative estimate of drug-likeness (QED) is 0.761. The fourth-order valence-corrected chi connectivity index (χ4v) is 5.06. The third-order valence-corrected chi connectivity index (χ3v) is 7.77. The van der Waals surface area contributed by atoms with E-state index in [2.05, 4.69) is 86.4 Å². The van der Waals surface area contributed by atoms with Gasteiger partial charge >= 0.3 is 0 Å². The van der Waals surface area contributed by atoms with Gasteiger partial charge in [-0.05, 0) is 26.0 Å². The second kappa shape index (κ2) is 6.27. The first-order valence-electron chi connectivity index (χ1n) is 7.50. The molecule has 0 radical (unpaired) electrons. The molecule has 0 bridgehead atoms. The van der Waals surface area contributed by atoms with Gasteiger partial charge in [-0.1, -0.05) is 65.9 Å². The first kappa shape index (κ1) is 14.9. The molecule has 0 amide bonds. The Morgan fingerprint density at radius 3 is 1.75 bits per heavy atom. The van der Waals surface area contributed by atoms with Crippen molar-refractivity contribution in [2.24, 2.45) is 0 Å². The molecule has 2 heteroatoms. The molecule has 0 aliphatic rings. The number of hydrogen-bond donors (Lipinski definition) is 0. The second-order valence-corrected chi connectivity index (χ2v) is 10.1. The van der Waals surface area contributed by atoms with Gasteiger partial charge < -0.3 is 4.90 Å². The monoisotopic (exact) mass is 283 g/mol. The maximum atomic E-state index is 2.43. The van der Waals surface area contributed by atoms with Gasteiger partial charge in [0.2, 0.25) is 0 Å².